The normalized spacial score (nSPS) is 44.7. The molecule has 0 amide bonds. The van der Waals surface area contributed by atoms with Crippen molar-refractivity contribution < 1.29 is 0 Å². The summed E-state index contributed by atoms with van der Waals surface area (Å²) in [5.74, 6) is 0. The summed E-state index contributed by atoms with van der Waals surface area (Å²) >= 11 is 0. The largest absolute Gasteiger partial charge is 0.325 e. The van der Waals surface area contributed by atoms with Crippen molar-refractivity contribution in [3.63, 3.8) is 0 Å². The molecule has 4 N–H and O–H groups in total. The van der Waals surface area contributed by atoms with Crippen molar-refractivity contribution in [1.29, 1.82) is 0 Å². The summed E-state index contributed by atoms with van der Waals surface area (Å²) in [6.45, 7) is 4.23. The molecule has 0 radical (unpaired) electrons. The fraction of sp³-hybridized carbons (Fsp3) is 1.00. The van der Waals surface area contributed by atoms with E-state index in [1.165, 1.54) is 0 Å². The highest BCUT2D eigenvalue weighted by Gasteiger charge is 2.31. The molecule has 0 aromatic carbocycles. The quantitative estimate of drug-likeness (QED) is 0.590. The van der Waals surface area contributed by atoms with E-state index < -0.39 is 0 Å². The van der Waals surface area contributed by atoms with Crippen molar-refractivity contribution in [2.24, 2.45) is 11.5 Å². The lowest BCUT2D eigenvalue weighted by atomic mass is 9.75. The van der Waals surface area contributed by atoms with Gasteiger partial charge in [-0.05, 0) is 39.5 Å². The van der Waals surface area contributed by atoms with Gasteiger partial charge in [0.2, 0.25) is 0 Å². The van der Waals surface area contributed by atoms with Gasteiger partial charge in [0.25, 0.3) is 0 Å². The Morgan fingerprint density at radius 1 is 0.818 bits per heavy atom. The molecular weight excluding hydrogens is 160 g/mol. The molecule has 0 aliphatic heterocycles. The van der Waals surface area contributed by atoms with Gasteiger partial charge in [0, 0.05) is 11.1 Å². The molecule has 1 rings (SSSR count). The van der Waals surface area contributed by atoms with Gasteiger partial charge < -0.3 is 11.5 Å². The molecule has 0 spiro atoms. The van der Waals surface area contributed by atoms with Crippen molar-refractivity contribution in [1.82, 2.24) is 0 Å². The van der Waals surface area contributed by atoms with E-state index in [2.05, 4.69) is 13.8 Å². The van der Waals surface area contributed by atoms with E-state index >= 15 is 0 Å². The van der Waals surface area contributed by atoms with Gasteiger partial charge >= 0.3 is 0 Å². The molecule has 0 aromatic rings. The van der Waals surface area contributed by atoms with Crippen molar-refractivity contribution in [3.8, 4) is 0 Å². The van der Waals surface area contributed by atoms with Crippen LogP contribution >= 0.6 is 12.4 Å². The molecular formula is C8H19ClN2. The van der Waals surface area contributed by atoms with Crippen LogP contribution in [0.2, 0.25) is 0 Å². The summed E-state index contributed by atoms with van der Waals surface area (Å²) in [5.41, 5.74) is 12.0. The third-order valence-electron chi connectivity index (χ3n) is 2.53. The van der Waals surface area contributed by atoms with Crippen LogP contribution in [-0.4, -0.2) is 11.1 Å². The molecule has 0 aromatic heterocycles. The molecule has 0 unspecified atom stereocenters. The van der Waals surface area contributed by atoms with Gasteiger partial charge in [0.15, 0.2) is 0 Å². The highest BCUT2D eigenvalue weighted by molar-refractivity contribution is 5.85. The third kappa shape index (κ3) is 3.41. The maximum absolute atomic E-state index is 5.94. The second-order valence-corrected chi connectivity index (χ2v) is 4.31. The van der Waals surface area contributed by atoms with Crippen LogP contribution < -0.4 is 11.5 Å². The van der Waals surface area contributed by atoms with Crippen LogP contribution in [0.1, 0.15) is 39.5 Å². The zero-order chi connectivity index (χ0) is 7.83. The second kappa shape index (κ2) is 3.30. The fourth-order valence-corrected chi connectivity index (χ4v) is 1.39. The Hall–Kier alpha value is 0.210. The lowest BCUT2D eigenvalue weighted by molar-refractivity contribution is 0.231. The molecule has 11 heavy (non-hydrogen) atoms. The summed E-state index contributed by atoms with van der Waals surface area (Å²) < 4.78 is 0. The van der Waals surface area contributed by atoms with Crippen LogP contribution in [0, 0.1) is 0 Å². The zero-order valence-electron chi connectivity index (χ0n) is 7.39. The lowest BCUT2D eigenvalue weighted by Gasteiger charge is -2.38. The summed E-state index contributed by atoms with van der Waals surface area (Å²) in [4.78, 5) is 0. The summed E-state index contributed by atoms with van der Waals surface area (Å²) in [5, 5.41) is 0. The van der Waals surface area contributed by atoms with E-state index in [0.717, 1.165) is 25.7 Å². The Balaban J connectivity index is 0.000001000. The smallest absolute Gasteiger partial charge is 0.0127 e. The molecule has 68 valence electrons. The Morgan fingerprint density at radius 3 is 1.18 bits per heavy atom. The van der Waals surface area contributed by atoms with Crippen molar-refractivity contribution >= 4 is 12.4 Å². The maximum Gasteiger partial charge on any atom is 0.0127 e. The van der Waals surface area contributed by atoms with Gasteiger partial charge in [0.05, 0.1) is 0 Å². The summed E-state index contributed by atoms with van der Waals surface area (Å²) in [7, 11) is 0. The molecule has 2 nitrogen and oxygen atoms in total. The van der Waals surface area contributed by atoms with Crippen molar-refractivity contribution in [2.75, 3.05) is 0 Å². The van der Waals surface area contributed by atoms with Crippen molar-refractivity contribution in [3.05, 3.63) is 0 Å². The van der Waals surface area contributed by atoms with E-state index in [4.69, 9.17) is 11.5 Å². The summed E-state index contributed by atoms with van der Waals surface area (Å²) in [6.07, 6.45) is 4.28. The molecule has 1 aliphatic carbocycles. The van der Waals surface area contributed by atoms with Gasteiger partial charge in [-0.3, -0.25) is 0 Å². The molecule has 1 saturated carbocycles. The van der Waals surface area contributed by atoms with E-state index in [1.807, 2.05) is 0 Å². The first-order chi connectivity index (χ1) is 4.41. The Morgan fingerprint density at radius 2 is 1.00 bits per heavy atom. The Bertz CT molecular complexity index is 104. The van der Waals surface area contributed by atoms with Crippen molar-refractivity contribution in [2.45, 2.75) is 50.6 Å². The van der Waals surface area contributed by atoms with Crippen LogP contribution in [0.5, 0.6) is 0 Å². The highest BCUT2D eigenvalue weighted by atomic mass is 35.5. The Labute approximate surface area is 75.1 Å². The molecule has 3 heteroatoms. The first-order valence-corrected chi connectivity index (χ1v) is 3.99. The molecule has 1 aliphatic rings. The van der Waals surface area contributed by atoms with Crippen LogP contribution in [0.3, 0.4) is 0 Å². The van der Waals surface area contributed by atoms with Gasteiger partial charge in [0.1, 0.15) is 0 Å². The molecule has 0 saturated heterocycles. The number of rotatable bonds is 0. The van der Waals surface area contributed by atoms with Gasteiger partial charge in [-0.2, -0.15) is 0 Å². The third-order valence-corrected chi connectivity index (χ3v) is 2.53. The zero-order valence-corrected chi connectivity index (χ0v) is 8.21. The topological polar surface area (TPSA) is 52.0 Å². The number of hydrogen-bond acceptors (Lipinski definition) is 2. The first-order valence-electron chi connectivity index (χ1n) is 3.99. The average Bonchev–Trinajstić information content (AvgIpc) is 1.79. The predicted octanol–water partition coefficient (Wildman–Crippen LogP) is 1.42. The average molecular weight is 179 g/mol. The minimum absolute atomic E-state index is 0. The van der Waals surface area contributed by atoms with Crippen LogP contribution in [-0.2, 0) is 0 Å². The SMILES string of the molecule is CC1(N)CCC(C)(N)CC1.Cl. The number of halogens is 1. The van der Waals surface area contributed by atoms with Gasteiger partial charge in [-0.15, -0.1) is 12.4 Å². The maximum atomic E-state index is 5.94. The van der Waals surface area contributed by atoms with E-state index in [-0.39, 0.29) is 23.5 Å². The monoisotopic (exact) mass is 178 g/mol. The van der Waals surface area contributed by atoms with Crippen LogP contribution in [0.15, 0.2) is 0 Å². The highest BCUT2D eigenvalue weighted by Crippen LogP contribution is 2.30. The molecule has 1 fully saturated rings. The Kier molecular flexibility index (Phi) is 3.36. The fourth-order valence-electron chi connectivity index (χ4n) is 1.39. The van der Waals surface area contributed by atoms with Crippen LogP contribution in [0.4, 0.5) is 0 Å². The van der Waals surface area contributed by atoms with E-state index in [9.17, 15) is 0 Å². The van der Waals surface area contributed by atoms with Gasteiger partial charge in [-0.25, -0.2) is 0 Å². The standard InChI is InChI=1S/C8H18N2.ClH/c1-7(9)3-5-8(2,10)6-4-7;/h3-6,9-10H2,1-2H3;1H. The number of nitrogens with two attached hydrogens (primary N) is 2. The van der Waals surface area contributed by atoms with E-state index in [0.29, 0.717) is 0 Å². The second-order valence-electron chi connectivity index (χ2n) is 4.31. The molecule has 0 bridgehead atoms. The number of hydrogen-bond donors (Lipinski definition) is 2. The lowest BCUT2D eigenvalue weighted by Crippen LogP contribution is -2.49. The van der Waals surface area contributed by atoms with Crippen LogP contribution in [0.25, 0.3) is 0 Å². The minimum Gasteiger partial charge on any atom is -0.325 e. The predicted molar refractivity (Wildman–Crippen MR) is 50.9 cm³/mol. The summed E-state index contributed by atoms with van der Waals surface area (Å²) in [6, 6.07) is 0. The van der Waals surface area contributed by atoms with Gasteiger partial charge in [-0.1, -0.05) is 0 Å². The molecule has 0 heterocycles. The first kappa shape index (κ1) is 11.2. The molecule has 0 atom stereocenters. The van der Waals surface area contributed by atoms with E-state index in [1.54, 1.807) is 0 Å². The minimum atomic E-state index is 0.